The van der Waals surface area contributed by atoms with Crippen molar-refractivity contribution >= 4 is 11.8 Å². The monoisotopic (exact) mass is 295 g/mol. The van der Waals surface area contributed by atoms with E-state index < -0.39 is 0 Å². The minimum absolute atomic E-state index is 0.728. The first-order valence-electron chi connectivity index (χ1n) is 7.67. The number of hydrogen-bond donors (Lipinski definition) is 1. The SMILES string of the molecule is CCCCCOc1ccc(CNCC(C)CSC)cc1. The van der Waals surface area contributed by atoms with Gasteiger partial charge in [-0.3, -0.25) is 0 Å². The summed E-state index contributed by atoms with van der Waals surface area (Å²) in [5.41, 5.74) is 1.32. The lowest BCUT2D eigenvalue weighted by molar-refractivity contribution is 0.306. The van der Waals surface area contributed by atoms with Gasteiger partial charge in [-0.05, 0) is 48.6 Å². The van der Waals surface area contributed by atoms with Crippen molar-refractivity contribution in [1.29, 1.82) is 0 Å². The fourth-order valence-electron chi connectivity index (χ4n) is 2.05. The maximum absolute atomic E-state index is 5.71. The minimum atomic E-state index is 0.728. The normalized spacial score (nSPS) is 12.3. The van der Waals surface area contributed by atoms with Gasteiger partial charge in [0.15, 0.2) is 0 Å². The quantitative estimate of drug-likeness (QED) is 0.613. The van der Waals surface area contributed by atoms with Crippen molar-refractivity contribution in [3.8, 4) is 5.75 Å². The Labute approximate surface area is 128 Å². The van der Waals surface area contributed by atoms with Crippen molar-refractivity contribution in [3.05, 3.63) is 29.8 Å². The van der Waals surface area contributed by atoms with Gasteiger partial charge in [0.1, 0.15) is 5.75 Å². The number of hydrogen-bond acceptors (Lipinski definition) is 3. The van der Waals surface area contributed by atoms with E-state index in [1.54, 1.807) is 0 Å². The van der Waals surface area contributed by atoms with Gasteiger partial charge in [-0.2, -0.15) is 11.8 Å². The first-order valence-corrected chi connectivity index (χ1v) is 9.07. The molecule has 0 aromatic heterocycles. The molecular weight excluding hydrogens is 266 g/mol. The smallest absolute Gasteiger partial charge is 0.119 e. The summed E-state index contributed by atoms with van der Waals surface area (Å²) in [5.74, 6) is 2.93. The highest BCUT2D eigenvalue weighted by atomic mass is 32.2. The average Bonchev–Trinajstić information content (AvgIpc) is 2.45. The summed E-state index contributed by atoms with van der Waals surface area (Å²) in [7, 11) is 0. The van der Waals surface area contributed by atoms with Gasteiger partial charge in [0.05, 0.1) is 6.61 Å². The second kappa shape index (κ2) is 11.0. The summed E-state index contributed by atoms with van der Waals surface area (Å²) < 4.78 is 5.71. The summed E-state index contributed by atoms with van der Waals surface area (Å²) in [6, 6.07) is 8.46. The molecule has 0 radical (unpaired) electrons. The zero-order chi connectivity index (χ0) is 14.6. The van der Waals surface area contributed by atoms with Gasteiger partial charge in [-0.25, -0.2) is 0 Å². The molecule has 0 heterocycles. The van der Waals surface area contributed by atoms with Crippen LogP contribution in [-0.4, -0.2) is 25.2 Å². The van der Waals surface area contributed by atoms with Crippen LogP contribution in [0, 0.1) is 5.92 Å². The van der Waals surface area contributed by atoms with Crippen molar-refractivity contribution < 1.29 is 4.74 Å². The average molecular weight is 295 g/mol. The summed E-state index contributed by atoms with van der Waals surface area (Å²) in [6.45, 7) is 7.35. The number of unbranched alkanes of at least 4 members (excludes halogenated alkanes) is 2. The minimum Gasteiger partial charge on any atom is -0.494 e. The van der Waals surface area contributed by atoms with Gasteiger partial charge in [-0.1, -0.05) is 38.8 Å². The van der Waals surface area contributed by atoms with Crippen LogP contribution in [-0.2, 0) is 6.54 Å². The fourth-order valence-corrected chi connectivity index (χ4v) is 2.74. The molecule has 0 fully saturated rings. The molecule has 0 amide bonds. The Balaban J connectivity index is 2.21. The predicted molar refractivity (Wildman–Crippen MR) is 90.7 cm³/mol. The van der Waals surface area contributed by atoms with Gasteiger partial charge >= 0.3 is 0 Å². The van der Waals surface area contributed by atoms with Crippen LogP contribution in [0.3, 0.4) is 0 Å². The molecule has 1 atom stereocenters. The molecule has 1 aromatic rings. The molecule has 3 heteroatoms. The van der Waals surface area contributed by atoms with Crippen molar-refractivity contribution in [3.63, 3.8) is 0 Å². The summed E-state index contributed by atoms with van der Waals surface area (Å²) in [4.78, 5) is 0. The summed E-state index contributed by atoms with van der Waals surface area (Å²) in [5, 5.41) is 3.51. The largest absolute Gasteiger partial charge is 0.494 e. The fraction of sp³-hybridized carbons (Fsp3) is 0.647. The van der Waals surface area contributed by atoms with Crippen molar-refractivity contribution in [2.24, 2.45) is 5.92 Å². The van der Waals surface area contributed by atoms with Crippen LogP contribution in [0.2, 0.25) is 0 Å². The molecule has 1 unspecified atom stereocenters. The van der Waals surface area contributed by atoms with Crippen molar-refractivity contribution in [2.45, 2.75) is 39.7 Å². The highest BCUT2D eigenvalue weighted by Gasteiger charge is 2.01. The molecule has 0 saturated carbocycles. The first-order chi connectivity index (χ1) is 9.76. The van der Waals surface area contributed by atoms with E-state index in [9.17, 15) is 0 Å². The van der Waals surface area contributed by atoms with Crippen molar-refractivity contribution in [2.75, 3.05) is 25.2 Å². The second-order valence-corrected chi connectivity index (χ2v) is 6.30. The van der Waals surface area contributed by atoms with Gasteiger partial charge in [0.2, 0.25) is 0 Å². The highest BCUT2D eigenvalue weighted by molar-refractivity contribution is 7.98. The first kappa shape index (κ1) is 17.4. The van der Waals surface area contributed by atoms with E-state index >= 15 is 0 Å². The van der Waals surface area contributed by atoms with Gasteiger partial charge < -0.3 is 10.1 Å². The molecule has 0 aliphatic carbocycles. The third kappa shape index (κ3) is 7.81. The van der Waals surface area contributed by atoms with Crippen LogP contribution in [0.5, 0.6) is 5.75 Å². The highest BCUT2D eigenvalue weighted by Crippen LogP contribution is 2.13. The molecule has 0 spiro atoms. The molecule has 1 aromatic carbocycles. The second-order valence-electron chi connectivity index (χ2n) is 5.39. The Morgan fingerprint density at radius 2 is 1.95 bits per heavy atom. The third-order valence-electron chi connectivity index (χ3n) is 3.21. The molecule has 20 heavy (non-hydrogen) atoms. The molecule has 0 aliphatic heterocycles. The molecule has 0 bridgehead atoms. The Morgan fingerprint density at radius 1 is 1.20 bits per heavy atom. The summed E-state index contributed by atoms with van der Waals surface area (Å²) in [6.07, 6.45) is 5.79. The van der Waals surface area contributed by atoms with E-state index in [2.05, 4.69) is 49.7 Å². The lowest BCUT2D eigenvalue weighted by atomic mass is 10.2. The van der Waals surface area contributed by atoms with E-state index in [1.165, 1.54) is 24.2 Å². The van der Waals surface area contributed by atoms with Crippen LogP contribution < -0.4 is 10.1 Å². The van der Waals surface area contributed by atoms with E-state index in [-0.39, 0.29) is 0 Å². The van der Waals surface area contributed by atoms with E-state index in [1.807, 2.05) is 11.8 Å². The Hall–Kier alpha value is -0.670. The maximum atomic E-state index is 5.71. The third-order valence-corrected chi connectivity index (χ3v) is 4.12. The predicted octanol–water partition coefficient (Wildman–Crippen LogP) is 4.34. The molecule has 2 nitrogen and oxygen atoms in total. The topological polar surface area (TPSA) is 21.3 Å². The Kier molecular flexibility index (Phi) is 9.60. The number of rotatable bonds is 11. The van der Waals surface area contributed by atoms with Gasteiger partial charge in [0.25, 0.3) is 0 Å². The summed E-state index contributed by atoms with van der Waals surface area (Å²) >= 11 is 1.91. The lowest BCUT2D eigenvalue weighted by Gasteiger charge is -2.11. The van der Waals surface area contributed by atoms with E-state index in [0.717, 1.165) is 37.8 Å². The van der Waals surface area contributed by atoms with Crippen LogP contribution in [0.4, 0.5) is 0 Å². The molecule has 0 saturated heterocycles. The number of thioether (sulfide) groups is 1. The Morgan fingerprint density at radius 3 is 2.60 bits per heavy atom. The van der Waals surface area contributed by atoms with Crippen molar-refractivity contribution in [1.82, 2.24) is 5.32 Å². The van der Waals surface area contributed by atoms with E-state index in [0.29, 0.717) is 0 Å². The van der Waals surface area contributed by atoms with Gasteiger partial charge in [-0.15, -0.1) is 0 Å². The number of ether oxygens (including phenoxy) is 1. The zero-order valence-corrected chi connectivity index (χ0v) is 14.0. The molecule has 0 aliphatic rings. The molecule has 1 N–H and O–H groups in total. The van der Waals surface area contributed by atoms with Crippen LogP contribution in [0.25, 0.3) is 0 Å². The van der Waals surface area contributed by atoms with Crippen LogP contribution in [0.15, 0.2) is 24.3 Å². The Bertz CT molecular complexity index is 339. The van der Waals surface area contributed by atoms with Crippen LogP contribution in [0.1, 0.15) is 38.7 Å². The van der Waals surface area contributed by atoms with Gasteiger partial charge in [0, 0.05) is 6.54 Å². The van der Waals surface area contributed by atoms with Crippen LogP contribution >= 0.6 is 11.8 Å². The molecule has 1 rings (SSSR count). The van der Waals surface area contributed by atoms with E-state index in [4.69, 9.17) is 4.74 Å². The molecular formula is C17H29NOS. The standard InChI is InChI=1S/C17H29NOS/c1-4-5-6-11-19-17-9-7-16(8-10-17)13-18-12-15(2)14-20-3/h7-10,15,18H,4-6,11-14H2,1-3H3. The lowest BCUT2D eigenvalue weighted by Crippen LogP contribution is -2.21. The number of benzene rings is 1. The maximum Gasteiger partial charge on any atom is 0.119 e. The number of nitrogens with one attached hydrogen (secondary N) is 1. The molecule has 114 valence electrons. The zero-order valence-electron chi connectivity index (χ0n) is 13.2.